The van der Waals surface area contributed by atoms with Gasteiger partial charge in [0.1, 0.15) is 5.82 Å². The van der Waals surface area contributed by atoms with E-state index in [9.17, 15) is 22.7 Å². The number of halogens is 1. The molecule has 7 nitrogen and oxygen atoms in total. The van der Waals surface area contributed by atoms with Gasteiger partial charge in [-0.1, -0.05) is 0 Å². The number of nitrogens with zero attached hydrogens (tertiary/aromatic N) is 1. The number of hydrogen-bond donors (Lipinski definition) is 1. The van der Waals surface area contributed by atoms with Crippen molar-refractivity contribution in [2.24, 2.45) is 0 Å². The van der Waals surface area contributed by atoms with E-state index in [1.165, 1.54) is 34.6 Å². The molecule has 1 N–H and O–H groups in total. The van der Waals surface area contributed by atoms with Gasteiger partial charge in [-0.05, 0) is 42.8 Å². The summed E-state index contributed by atoms with van der Waals surface area (Å²) in [5.74, 6) is -1.46. The van der Waals surface area contributed by atoms with Gasteiger partial charge in [-0.25, -0.2) is 12.8 Å². The molecule has 0 saturated heterocycles. The molecule has 2 atom stereocenters. The molecular formula is C20H20FNO6S. The highest BCUT2D eigenvalue weighted by Gasteiger charge is 2.43. The Balaban J connectivity index is 1.79. The maximum Gasteiger partial charge on any atom is 0.304 e. The lowest BCUT2D eigenvalue weighted by Crippen LogP contribution is -2.37. The molecular weight excluding hydrogens is 401 g/mol. The minimum Gasteiger partial charge on any atom is -0.490 e. The smallest absolute Gasteiger partial charge is 0.304 e. The summed E-state index contributed by atoms with van der Waals surface area (Å²) >= 11 is 0. The van der Waals surface area contributed by atoms with Crippen LogP contribution in [0.5, 0.6) is 11.5 Å². The maximum absolute atomic E-state index is 13.8. The van der Waals surface area contributed by atoms with E-state index in [1.54, 1.807) is 13.0 Å². The lowest BCUT2D eigenvalue weighted by atomic mass is 9.93. The lowest BCUT2D eigenvalue weighted by Gasteiger charge is -2.26. The molecule has 0 aliphatic carbocycles. The SMILES string of the molecule is CC1C(CC(=O)O)c2cc(F)ccc2N1S(=O)(=O)c1ccc2c(c1)OCCCO2. The van der Waals surface area contributed by atoms with Crippen molar-refractivity contribution in [3.63, 3.8) is 0 Å². The third kappa shape index (κ3) is 3.39. The number of rotatable bonds is 4. The molecule has 2 aliphatic heterocycles. The largest absolute Gasteiger partial charge is 0.490 e. The van der Waals surface area contributed by atoms with Crippen molar-refractivity contribution in [1.82, 2.24) is 0 Å². The van der Waals surface area contributed by atoms with Gasteiger partial charge in [-0.3, -0.25) is 9.10 Å². The average Bonchev–Trinajstić information content (AvgIpc) is 2.83. The van der Waals surface area contributed by atoms with Gasteiger partial charge in [-0.15, -0.1) is 0 Å². The minimum atomic E-state index is -4.05. The molecule has 29 heavy (non-hydrogen) atoms. The van der Waals surface area contributed by atoms with Gasteiger partial charge in [-0.2, -0.15) is 0 Å². The van der Waals surface area contributed by atoms with Crippen LogP contribution in [0.1, 0.15) is 31.2 Å². The highest BCUT2D eigenvalue weighted by Crippen LogP contribution is 2.46. The van der Waals surface area contributed by atoms with E-state index in [2.05, 4.69) is 0 Å². The van der Waals surface area contributed by atoms with Crippen molar-refractivity contribution in [2.45, 2.75) is 36.6 Å². The highest BCUT2D eigenvalue weighted by atomic mass is 32.2. The van der Waals surface area contributed by atoms with Crippen LogP contribution in [-0.2, 0) is 14.8 Å². The van der Waals surface area contributed by atoms with E-state index in [4.69, 9.17) is 9.47 Å². The van der Waals surface area contributed by atoms with Crippen LogP contribution in [0, 0.1) is 5.82 Å². The number of aliphatic carboxylic acids is 1. The topological polar surface area (TPSA) is 93.1 Å². The molecule has 2 aromatic carbocycles. The number of carboxylic acids is 1. The normalized spacial score (nSPS) is 20.8. The molecule has 0 amide bonds. The predicted octanol–water partition coefficient (Wildman–Crippen LogP) is 3.14. The predicted molar refractivity (Wildman–Crippen MR) is 103 cm³/mol. The Labute approximate surface area is 167 Å². The second-order valence-corrected chi connectivity index (χ2v) is 8.92. The number of hydrogen-bond acceptors (Lipinski definition) is 5. The van der Waals surface area contributed by atoms with Crippen LogP contribution in [0.2, 0.25) is 0 Å². The van der Waals surface area contributed by atoms with E-state index in [-0.39, 0.29) is 17.0 Å². The molecule has 154 valence electrons. The summed E-state index contributed by atoms with van der Waals surface area (Å²) in [6, 6.07) is 7.47. The zero-order valence-corrected chi connectivity index (χ0v) is 16.5. The van der Waals surface area contributed by atoms with E-state index in [0.717, 1.165) is 0 Å². The Bertz CT molecular complexity index is 1070. The summed E-state index contributed by atoms with van der Waals surface area (Å²) in [4.78, 5) is 11.3. The number of benzene rings is 2. The van der Waals surface area contributed by atoms with Crippen LogP contribution in [0.3, 0.4) is 0 Å². The Morgan fingerprint density at radius 1 is 1.17 bits per heavy atom. The molecule has 0 radical (unpaired) electrons. The monoisotopic (exact) mass is 421 g/mol. The molecule has 2 aliphatic rings. The number of carboxylic acid groups (broad SMARTS) is 1. The van der Waals surface area contributed by atoms with E-state index in [0.29, 0.717) is 36.7 Å². The zero-order chi connectivity index (χ0) is 20.8. The third-order valence-corrected chi connectivity index (χ3v) is 7.15. The molecule has 2 heterocycles. The van der Waals surface area contributed by atoms with Crippen LogP contribution >= 0.6 is 0 Å². The van der Waals surface area contributed by atoms with Gasteiger partial charge in [0, 0.05) is 18.4 Å². The third-order valence-electron chi connectivity index (χ3n) is 5.25. The summed E-state index contributed by atoms with van der Waals surface area (Å²) in [6.45, 7) is 2.53. The fraction of sp³-hybridized carbons (Fsp3) is 0.350. The quantitative estimate of drug-likeness (QED) is 0.815. The first-order valence-corrected chi connectivity index (χ1v) is 10.7. The van der Waals surface area contributed by atoms with Crippen LogP contribution in [0.4, 0.5) is 10.1 Å². The van der Waals surface area contributed by atoms with Crippen LogP contribution in [-0.4, -0.2) is 38.7 Å². The van der Waals surface area contributed by atoms with E-state index >= 15 is 0 Å². The second kappa shape index (κ2) is 7.22. The highest BCUT2D eigenvalue weighted by molar-refractivity contribution is 7.92. The van der Waals surface area contributed by atoms with E-state index < -0.39 is 33.8 Å². The minimum absolute atomic E-state index is 0.000139. The molecule has 0 spiro atoms. The zero-order valence-electron chi connectivity index (χ0n) is 15.7. The van der Waals surface area contributed by atoms with E-state index in [1.807, 2.05) is 0 Å². The van der Waals surface area contributed by atoms with Crippen molar-refractivity contribution in [3.8, 4) is 11.5 Å². The molecule has 0 fully saturated rings. The summed E-state index contributed by atoms with van der Waals surface area (Å²) in [5.41, 5.74) is 0.662. The number of ether oxygens (including phenoxy) is 2. The molecule has 0 aromatic heterocycles. The standard InChI is InChI=1S/C20H20FNO6S/c1-12-15(11-20(23)24)16-9-13(21)3-5-17(16)22(12)29(25,26)14-4-6-18-19(10-14)28-8-2-7-27-18/h3-6,9-10,12,15H,2,7-8,11H2,1H3,(H,23,24). The molecule has 2 aromatic rings. The number of sulfonamides is 1. The van der Waals surface area contributed by atoms with Gasteiger partial charge in [0.15, 0.2) is 11.5 Å². The number of fused-ring (bicyclic) bond motifs is 2. The van der Waals surface area contributed by atoms with Gasteiger partial charge < -0.3 is 14.6 Å². The molecule has 9 heteroatoms. The Morgan fingerprint density at radius 2 is 1.90 bits per heavy atom. The Kier molecular flexibility index (Phi) is 4.85. The van der Waals surface area contributed by atoms with Crippen LogP contribution in [0.25, 0.3) is 0 Å². The Hall–Kier alpha value is -2.81. The number of carbonyl (C=O) groups is 1. The van der Waals surface area contributed by atoms with Gasteiger partial charge in [0.2, 0.25) is 0 Å². The van der Waals surface area contributed by atoms with Crippen LogP contribution < -0.4 is 13.8 Å². The first-order valence-electron chi connectivity index (χ1n) is 9.24. The fourth-order valence-electron chi connectivity index (χ4n) is 3.90. The van der Waals surface area contributed by atoms with Crippen molar-refractivity contribution in [1.29, 1.82) is 0 Å². The molecule has 0 saturated carbocycles. The molecule has 0 bridgehead atoms. The second-order valence-electron chi connectivity index (χ2n) is 7.11. The first kappa shape index (κ1) is 19.5. The first-order chi connectivity index (χ1) is 13.8. The van der Waals surface area contributed by atoms with Gasteiger partial charge >= 0.3 is 5.97 Å². The number of anilines is 1. The van der Waals surface area contributed by atoms with Crippen molar-refractivity contribution in [3.05, 3.63) is 47.8 Å². The summed E-state index contributed by atoms with van der Waals surface area (Å²) in [6.07, 6.45) is 0.389. The van der Waals surface area contributed by atoms with Gasteiger partial charge in [0.05, 0.1) is 36.3 Å². The van der Waals surface area contributed by atoms with Gasteiger partial charge in [0.25, 0.3) is 10.0 Å². The van der Waals surface area contributed by atoms with Crippen molar-refractivity contribution < 1.29 is 32.2 Å². The fourth-order valence-corrected chi connectivity index (χ4v) is 5.63. The average molecular weight is 421 g/mol. The van der Waals surface area contributed by atoms with Crippen molar-refractivity contribution in [2.75, 3.05) is 17.5 Å². The summed E-state index contributed by atoms with van der Waals surface area (Å²) < 4.78 is 53.1. The molecule has 4 rings (SSSR count). The Morgan fingerprint density at radius 3 is 2.62 bits per heavy atom. The summed E-state index contributed by atoms with van der Waals surface area (Å²) in [7, 11) is -4.05. The van der Waals surface area contributed by atoms with Crippen molar-refractivity contribution >= 4 is 21.7 Å². The summed E-state index contributed by atoms with van der Waals surface area (Å²) in [5, 5.41) is 9.26. The van der Waals surface area contributed by atoms with Crippen LogP contribution in [0.15, 0.2) is 41.3 Å². The maximum atomic E-state index is 13.8. The lowest BCUT2D eigenvalue weighted by molar-refractivity contribution is -0.137. The molecule has 2 unspecified atom stereocenters.